The fourth-order valence-corrected chi connectivity index (χ4v) is 3.58. The van der Waals surface area contributed by atoms with Gasteiger partial charge in [-0.15, -0.1) is 0 Å². The van der Waals surface area contributed by atoms with Gasteiger partial charge in [0.2, 0.25) is 0 Å². The third-order valence-corrected chi connectivity index (χ3v) is 5.03. The minimum absolute atomic E-state index is 0.0391. The van der Waals surface area contributed by atoms with E-state index in [2.05, 4.69) is 17.4 Å². The van der Waals surface area contributed by atoms with E-state index in [1.165, 1.54) is 24.0 Å². The molecule has 4 heteroatoms. The van der Waals surface area contributed by atoms with Crippen LogP contribution in [-0.4, -0.2) is 19.1 Å². The van der Waals surface area contributed by atoms with Gasteiger partial charge in [0.1, 0.15) is 0 Å². The van der Waals surface area contributed by atoms with Crippen LogP contribution >= 0.6 is 0 Å². The van der Waals surface area contributed by atoms with Crippen molar-refractivity contribution in [3.05, 3.63) is 58.7 Å². The van der Waals surface area contributed by atoms with Crippen LogP contribution in [0.25, 0.3) is 0 Å². The van der Waals surface area contributed by atoms with Gasteiger partial charge < -0.3 is 14.8 Å². The molecule has 3 rings (SSSR count). The number of amides is 1. The van der Waals surface area contributed by atoms with Crippen LogP contribution in [0.5, 0.6) is 11.5 Å². The van der Waals surface area contributed by atoms with Gasteiger partial charge in [-0.2, -0.15) is 0 Å². The molecule has 4 nitrogen and oxygen atoms in total. The van der Waals surface area contributed by atoms with Gasteiger partial charge in [-0.3, -0.25) is 4.79 Å². The third-order valence-electron chi connectivity index (χ3n) is 5.03. The predicted molar refractivity (Wildman–Crippen MR) is 108 cm³/mol. The molecule has 144 valence electrons. The average molecular weight is 367 g/mol. The number of aryl methyl sites for hydroxylation is 2. The van der Waals surface area contributed by atoms with Crippen molar-refractivity contribution in [3.8, 4) is 11.5 Å². The molecule has 1 aliphatic carbocycles. The maximum Gasteiger partial charge on any atom is 0.251 e. The molecule has 2 aromatic carbocycles. The Labute approximate surface area is 161 Å². The summed E-state index contributed by atoms with van der Waals surface area (Å²) in [5, 5.41) is 3.10. The molecule has 0 spiro atoms. The molecule has 0 aliphatic heterocycles. The number of carbonyl (C=O) groups excluding carboxylic acids is 1. The van der Waals surface area contributed by atoms with E-state index in [1.807, 2.05) is 45.0 Å². The van der Waals surface area contributed by atoms with Gasteiger partial charge in [0.15, 0.2) is 11.5 Å². The number of nitrogens with one attached hydrogen (secondary N) is 1. The minimum Gasteiger partial charge on any atom is -0.490 e. The summed E-state index contributed by atoms with van der Waals surface area (Å²) in [6, 6.07) is 11.8. The molecular weight excluding hydrogens is 338 g/mol. The van der Waals surface area contributed by atoms with Crippen molar-refractivity contribution in [2.45, 2.75) is 52.5 Å². The molecule has 0 radical (unpaired) electrons. The number of hydrogen-bond donors (Lipinski definition) is 1. The van der Waals surface area contributed by atoms with Crippen molar-refractivity contribution in [2.24, 2.45) is 0 Å². The van der Waals surface area contributed by atoms with Gasteiger partial charge in [-0.05, 0) is 87.4 Å². The monoisotopic (exact) mass is 367 g/mol. The number of carbonyl (C=O) groups is 1. The lowest BCUT2D eigenvalue weighted by molar-refractivity contribution is 0.0939. The molecule has 0 fully saturated rings. The summed E-state index contributed by atoms with van der Waals surface area (Å²) >= 11 is 0. The van der Waals surface area contributed by atoms with E-state index in [9.17, 15) is 4.79 Å². The maximum absolute atomic E-state index is 12.7. The van der Waals surface area contributed by atoms with Gasteiger partial charge in [0, 0.05) is 5.56 Å². The quantitative estimate of drug-likeness (QED) is 0.761. The predicted octanol–water partition coefficient (Wildman–Crippen LogP) is 4.85. The minimum atomic E-state index is -0.122. The van der Waals surface area contributed by atoms with E-state index >= 15 is 0 Å². The number of fused-ring (bicyclic) bond motifs is 1. The fraction of sp³-hybridized carbons (Fsp3) is 0.435. The topological polar surface area (TPSA) is 47.6 Å². The van der Waals surface area contributed by atoms with Gasteiger partial charge in [-0.1, -0.05) is 12.1 Å². The molecule has 0 saturated heterocycles. The normalized spacial score (nSPS) is 14.2. The second-order valence-corrected chi connectivity index (χ2v) is 6.96. The largest absolute Gasteiger partial charge is 0.490 e. The highest BCUT2D eigenvalue weighted by Crippen LogP contribution is 2.31. The molecule has 1 amide bonds. The molecule has 1 N–H and O–H groups in total. The van der Waals surface area contributed by atoms with Crippen molar-refractivity contribution >= 4 is 5.91 Å². The van der Waals surface area contributed by atoms with E-state index in [4.69, 9.17) is 9.47 Å². The number of hydrogen-bond acceptors (Lipinski definition) is 3. The van der Waals surface area contributed by atoms with Gasteiger partial charge >= 0.3 is 0 Å². The third kappa shape index (κ3) is 4.62. The summed E-state index contributed by atoms with van der Waals surface area (Å²) in [5.74, 6) is 1.41. The van der Waals surface area contributed by atoms with Crippen molar-refractivity contribution < 1.29 is 14.3 Å². The lowest BCUT2D eigenvalue weighted by Gasteiger charge is -2.19. The van der Waals surface area contributed by atoms with Gasteiger partial charge in [-0.25, -0.2) is 0 Å². The highest BCUT2D eigenvalue weighted by atomic mass is 16.5. The summed E-state index contributed by atoms with van der Waals surface area (Å²) in [6.45, 7) is 7.04. The Morgan fingerprint density at radius 2 is 1.67 bits per heavy atom. The maximum atomic E-state index is 12.7. The first-order chi connectivity index (χ1) is 13.1. The molecule has 1 unspecified atom stereocenters. The average Bonchev–Trinajstić information content (AvgIpc) is 2.69. The number of rotatable bonds is 7. The Morgan fingerprint density at radius 3 is 2.41 bits per heavy atom. The summed E-state index contributed by atoms with van der Waals surface area (Å²) in [4.78, 5) is 12.7. The number of ether oxygens (including phenoxy) is 2. The molecule has 0 saturated carbocycles. The highest BCUT2D eigenvalue weighted by molar-refractivity contribution is 5.94. The summed E-state index contributed by atoms with van der Waals surface area (Å²) in [7, 11) is 0. The van der Waals surface area contributed by atoms with Crippen LogP contribution in [0.15, 0.2) is 36.4 Å². The summed E-state index contributed by atoms with van der Waals surface area (Å²) in [6.07, 6.45) is 4.65. The molecule has 1 aliphatic rings. The fourth-order valence-electron chi connectivity index (χ4n) is 3.58. The zero-order valence-electron chi connectivity index (χ0n) is 16.5. The molecule has 27 heavy (non-hydrogen) atoms. The van der Waals surface area contributed by atoms with Crippen LogP contribution in [0.4, 0.5) is 0 Å². The van der Waals surface area contributed by atoms with Gasteiger partial charge in [0.25, 0.3) is 5.91 Å². The van der Waals surface area contributed by atoms with E-state index in [0.717, 1.165) is 29.7 Å². The first-order valence-corrected chi connectivity index (χ1v) is 9.94. The first-order valence-electron chi connectivity index (χ1n) is 9.94. The Hall–Kier alpha value is -2.49. The smallest absolute Gasteiger partial charge is 0.251 e. The Balaban J connectivity index is 1.73. The van der Waals surface area contributed by atoms with Crippen molar-refractivity contribution in [1.29, 1.82) is 0 Å². The van der Waals surface area contributed by atoms with Crippen molar-refractivity contribution in [1.82, 2.24) is 5.32 Å². The highest BCUT2D eigenvalue weighted by Gasteiger charge is 2.16. The van der Waals surface area contributed by atoms with Crippen molar-refractivity contribution in [2.75, 3.05) is 13.2 Å². The SMILES string of the molecule is CCOc1ccc(C(C)NC(=O)c2ccc3c(c2)CCCC3)cc1OCC. The number of benzene rings is 2. The van der Waals surface area contributed by atoms with Crippen LogP contribution in [0, 0.1) is 0 Å². The van der Waals surface area contributed by atoms with Crippen LogP contribution in [0.1, 0.15) is 66.7 Å². The molecule has 2 aromatic rings. The zero-order chi connectivity index (χ0) is 19.2. The van der Waals surface area contributed by atoms with E-state index in [-0.39, 0.29) is 11.9 Å². The molecule has 0 aromatic heterocycles. The van der Waals surface area contributed by atoms with Crippen LogP contribution in [0.2, 0.25) is 0 Å². The first kappa shape index (κ1) is 19.3. The molecule has 0 heterocycles. The van der Waals surface area contributed by atoms with E-state index in [1.54, 1.807) is 0 Å². The summed E-state index contributed by atoms with van der Waals surface area (Å²) < 4.78 is 11.3. The Morgan fingerprint density at radius 1 is 0.963 bits per heavy atom. The van der Waals surface area contributed by atoms with Crippen LogP contribution < -0.4 is 14.8 Å². The second kappa shape index (κ2) is 8.94. The second-order valence-electron chi connectivity index (χ2n) is 6.96. The molecular formula is C23H29NO3. The van der Waals surface area contributed by atoms with E-state index in [0.29, 0.717) is 19.0 Å². The molecule has 0 bridgehead atoms. The van der Waals surface area contributed by atoms with E-state index < -0.39 is 0 Å². The van der Waals surface area contributed by atoms with Crippen LogP contribution in [0.3, 0.4) is 0 Å². The standard InChI is InChI=1S/C23H29NO3/c1-4-26-21-13-12-18(15-22(21)27-5-2)16(3)24-23(25)20-11-10-17-8-6-7-9-19(17)14-20/h10-16H,4-9H2,1-3H3,(H,24,25). The lowest BCUT2D eigenvalue weighted by Crippen LogP contribution is -2.27. The zero-order valence-corrected chi connectivity index (χ0v) is 16.5. The molecule has 1 atom stereocenters. The van der Waals surface area contributed by atoms with Crippen LogP contribution in [-0.2, 0) is 12.8 Å². The lowest BCUT2D eigenvalue weighted by atomic mass is 9.90. The van der Waals surface area contributed by atoms with Crippen molar-refractivity contribution in [3.63, 3.8) is 0 Å². The summed E-state index contributed by atoms with van der Waals surface area (Å²) in [5.41, 5.74) is 4.44. The Kier molecular flexibility index (Phi) is 6.38. The Bertz CT molecular complexity index is 800. The van der Waals surface area contributed by atoms with Gasteiger partial charge in [0.05, 0.1) is 19.3 Å².